The highest BCUT2D eigenvalue weighted by molar-refractivity contribution is 9.10. The first kappa shape index (κ1) is 16.3. The van der Waals surface area contributed by atoms with Crippen LogP contribution in [0.5, 0.6) is 0 Å². The lowest BCUT2D eigenvalue weighted by Crippen LogP contribution is -2.40. The minimum atomic E-state index is -4.44. The van der Waals surface area contributed by atoms with Crippen molar-refractivity contribution in [2.75, 3.05) is 19.0 Å². The first-order chi connectivity index (χ1) is 8.76. The van der Waals surface area contributed by atoms with E-state index in [2.05, 4.69) is 15.9 Å². The third-order valence-electron chi connectivity index (χ3n) is 2.51. The lowest BCUT2D eigenvalue weighted by atomic mass is 10.1. The third kappa shape index (κ3) is 4.69. The molecule has 0 saturated carbocycles. The lowest BCUT2D eigenvalue weighted by molar-refractivity contribution is -0.140. The Kier molecular flexibility index (Phi) is 5.67. The van der Waals surface area contributed by atoms with Crippen molar-refractivity contribution in [1.29, 1.82) is 0 Å². The summed E-state index contributed by atoms with van der Waals surface area (Å²) in [6, 6.07) is 4.83. The van der Waals surface area contributed by atoms with Crippen molar-refractivity contribution in [3.63, 3.8) is 0 Å². The fraction of sp³-hybridized carbons (Fsp3) is 0.417. The van der Waals surface area contributed by atoms with Crippen molar-refractivity contribution in [1.82, 2.24) is 4.90 Å². The summed E-state index contributed by atoms with van der Waals surface area (Å²) in [5.41, 5.74) is 0.845. The maximum atomic E-state index is 12.4. The number of nitrogens with zero attached hydrogens (tertiary/aromatic N) is 1. The SMILES string of the molecule is Cc1c(Br)cccc1C(=O)N(CCCl)CC(F)(F)F. The van der Waals surface area contributed by atoms with E-state index >= 15 is 0 Å². The molecule has 1 aromatic carbocycles. The Balaban J connectivity index is 3.02. The zero-order valence-corrected chi connectivity index (χ0v) is 12.4. The van der Waals surface area contributed by atoms with Gasteiger partial charge in [-0.2, -0.15) is 13.2 Å². The second kappa shape index (κ2) is 6.61. The van der Waals surface area contributed by atoms with Crippen LogP contribution in [0.4, 0.5) is 13.2 Å². The molecule has 1 rings (SSSR count). The monoisotopic (exact) mass is 357 g/mol. The number of carbonyl (C=O) groups is 1. The van der Waals surface area contributed by atoms with Crippen LogP contribution in [0.1, 0.15) is 15.9 Å². The van der Waals surface area contributed by atoms with Gasteiger partial charge < -0.3 is 4.90 Å². The molecule has 0 N–H and O–H groups in total. The second-order valence-electron chi connectivity index (χ2n) is 3.94. The van der Waals surface area contributed by atoms with Gasteiger partial charge in [0, 0.05) is 22.5 Å². The van der Waals surface area contributed by atoms with Gasteiger partial charge in [0.25, 0.3) is 5.91 Å². The fourth-order valence-electron chi connectivity index (χ4n) is 1.58. The molecular formula is C12H12BrClF3NO. The number of rotatable bonds is 4. The Bertz CT molecular complexity index is 465. The summed E-state index contributed by atoms with van der Waals surface area (Å²) in [5.74, 6) is -0.716. The fourth-order valence-corrected chi connectivity index (χ4v) is 2.15. The predicted molar refractivity (Wildman–Crippen MR) is 71.6 cm³/mol. The zero-order chi connectivity index (χ0) is 14.6. The summed E-state index contributed by atoms with van der Waals surface area (Å²) in [7, 11) is 0. The molecule has 0 fully saturated rings. The molecule has 0 saturated heterocycles. The van der Waals surface area contributed by atoms with Crippen molar-refractivity contribution in [3.05, 3.63) is 33.8 Å². The average molecular weight is 359 g/mol. The molecule has 7 heteroatoms. The summed E-state index contributed by atoms with van der Waals surface area (Å²) in [6.45, 7) is 0.222. The highest BCUT2D eigenvalue weighted by Gasteiger charge is 2.33. The van der Waals surface area contributed by atoms with E-state index in [-0.39, 0.29) is 18.0 Å². The molecule has 0 bridgehead atoms. The smallest absolute Gasteiger partial charge is 0.328 e. The van der Waals surface area contributed by atoms with E-state index in [1.54, 1.807) is 19.1 Å². The molecule has 0 radical (unpaired) electrons. The third-order valence-corrected chi connectivity index (χ3v) is 3.54. The number of hydrogen-bond donors (Lipinski definition) is 0. The van der Waals surface area contributed by atoms with Crippen LogP contribution in [-0.4, -0.2) is 36.0 Å². The van der Waals surface area contributed by atoms with Crippen molar-refractivity contribution in [2.45, 2.75) is 13.1 Å². The summed E-state index contributed by atoms with van der Waals surface area (Å²) in [6.07, 6.45) is -4.44. The van der Waals surface area contributed by atoms with Crippen LogP contribution in [0.15, 0.2) is 22.7 Å². The normalized spacial score (nSPS) is 11.5. The standard InChI is InChI=1S/C12H12BrClF3NO/c1-8-9(3-2-4-10(8)13)11(19)18(6-5-14)7-12(15,16)17/h2-4H,5-7H2,1H3. The van der Waals surface area contributed by atoms with Gasteiger partial charge in [0.05, 0.1) is 0 Å². The molecular weight excluding hydrogens is 346 g/mol. The van der Waals surface area contributed by atoms with E-state index in [0.717, 1.165) is 0 Å². The summed E-state index contributed by atoms with van der Waals surface area (Å²) < 4.78 is 38.0. The number of halogens is 5. The van der Waals surface area contributed by atoms with Crippen molar-refractivity contribution < 1.29 is 18.0 Å². The van der Waals surface area contributed by atoms with Gasteiger partial charge in [-0.25, -0.2) is 0 Å². The van der Waals surface area contributed by atoms with Crippen LogP contribution in [0.25, 0.3) is 0 Å². The Labute approximate surface area is 122 Å². The summed E-state index contributed by atoms with van der Waals surface area (Å²) in [4.78, 5) is 12.8. The molecule has 0 unspecified atom stereocenters. The Morgan fingerprint density at radius 3 is 2.58 bits per heavy atom. The van der Waals surface area contributed by atoms with Gasteiger partial charge in [0.15, 0.2) is 0 Å². The van der Waals surface area contributed by atoms with Crippen LogP contribution in [0.2, 0.25) is 0 Å². The minimum absolute atomic E-state index is 0.0468. The molecule has 0 aromatic heterocycles. The maximum absolute atomic E-state index is 12.4. The molecule has 0 aliphatic rings. The Morgan fingerprint density at radius 2 is 2.05 bits per heavy atom. The number of benzene rings is 1. The quantitative estimate of drug-likeness (QED) is 0.745. The van der Waals surface area contributed by atoms with Gasteiger partial charge in [-0.05, 0) is 24.6 Å². The molecule has 0 aliphatic heterocycles. The number of hydrogen-bond acceptors (Lipinski definition) is 1. The van der Waals surface area contributed by atoms with Crippen LogP contribution in [0.3, 0.4) is 0 Å². The molecule has 1 aromatic rings. The zero-order valence-electron chi connectivity index (χ0n) is 10.1. The van der Waals surface area contributed by atoms with E-state index in [4.69, 9.17) is 11.6 Å². The van der Waals surface area contributed by atoms with Gasteiger partial charge in [0.1, 0.15) is 6.54 Å². The number of carbonyl (C=O) groups excluding carboxylic acids is 1. The lowest BCUT2D eigenvalue weighted by Gasteiger charge is -2.24. The van der Waals surface area contributed by atoms with Crippen LogP contribution in [0, 0.1) is 6.92 Å². The van der Waals surface area contributed by atoms with E-state index in [1.807, 2.05) is 0 Å². The van der Waals surface area contributed by atoms with E-state index in [0.29, 0.717) is 14.9 Å². The first-order valence-electron chi connectivity index (χ1n) is 5.43. The number of alkyl halides is 4. The molecule has 0 atom stereocenters. The molecule has 2 nitrogen and oxygen atoms in total. The maximum Gasteiger partial charge on any atom is 0.406 e. The Hall–Kier alpha value is -0.750. The Morgan fingerprint density at radius 1 is 1.42 bits per heavy atom. The van der Waals surface area contributed by atoms with Crippen LogP contribution < -0.4 is 0 Å². The van der Waals surface area contributed by atoms with Gasteiger partial charge in [0.2, 0.25) is 0 Å². The van der Waals surface area contributed by atoms with E-state index in [1.165, 1.54) is 6.07 Å². The number of amides is 1. The van der Waals surface area contributed by atoms with Crippen LogP contribution >= 0.6 is 27.5 Å². The van der Waals surface area contributed by atoms with Gasteiger partial charge >= 0.3 is 6.18 Å². The molecule has 19 heavy (non-hydrogen) atoms. The second-order valence-corrected chi connectivity index (χ2v) is 5.18. The van der Waals surface area contributed by atoms with Crippen LogP contribution in [-0.2, 0) is 0 Å². The highest BCUT2D eigenvalue weighted by Crippen LogP contribution is 2.23. The minimum Gasteiger partial charge on any atom is -0.328 e. The van der Waals surface area contributed by atoms with Gasteiger partial charge in [-0.1, -0.05) is 22.0 Å². The topological polar surface area (TPSA) is 20.3 Å². The predicted octanol–water partition coefficient (Wildman–Crippen LogP) is 4.00. The molecule has 0 spiro atoms. The van der Waals surface area contributed by atoms with E-state index < -0.39 is 18.6 Å². The molecule has 1 amide bonds. The van der Waals surface area contributed by atoms with Crippen molar-refractivity contribution >= 4 is 33.4 Å². The average Bonchev–Trinajstić information content (AvgIpc) is 2.30. The van der Waals surface area contributed by atoms with Crippen molar-refractivity contribution in [2.24, 2.45) is 0 Å². The van der Waals surface area contributed by atoms with Crippen molar-refractivity contribution in [3.8, 4) is 0 Å². The molecule has 0 heterocycles. The van der Waals surface area contributed by atoms with Gasteiger partial charge in [-0.3, -0.25) is 4.79 Å². The van der Waals surface area contributed by atoms with Gasteiger partial charge in [-0.15, -0.1) is 11.6 Å². The highest BCUT2D eigenvalue weighted by atomic mass is 79.9. The molecule has 106 valence electrons. The molecule has 0 aliphatic carbocycles. The largest absolute Gasteiger partial charge is 0.406 e. The van der Waals surface area contributed by atoms with E-state index in [9.17, 15) is 18.0 Å². The first-order valence-corrected chi connectivity index (χ1v) is 6.76. The summed E-state index contributed by atoms with van der Waals surface area (Å²) in [5, 5.41) is 0. The summed E-state index contributed by atoms with van der Waals surface area (Å²) >= 11 is 8.70.